The van der Waals surface area contributed by atoms with Gasteiger partial charge in [-0.1, -0.05) is 60.7 Å². The minimum absolute atomic E-state index is 0.0144. The Labute approximate surface area is 180 Å². The quantitative estimate of drug-likeness (QED) is 0.661. The molecule has 3 N–H and O–H groups in total. The molecule has 0 saturated carbocycles. The maximum Gasteiger partial charge on any atom is 0.278 e. The van der Waals surface area contributed by atoms with Crippen LogP contribution in [0.4, 0.5) is 0 Å². The van der Waals surface area contributed by atoms with Crippen molar-refractivity contribution in [1.29, 1.82) is 0 Å². The van der Waals surface area contributed by atoms with Crippen LogP contribution in [0.2, 0.25) is 0 Å². The van der Waals surface area contributed by atoms with Crippen molar-refractivity contribution in [2.75, 3.05) is 32.7 Å². The van der Waals surface area contributed by atoms with Gasteiger partial charge in [-0.3, -0.25) is 4.79 Å². The second-order valence-corrected chi connectivity index (χ2v) is 8.80. The van der Waals surface area contributed by atoms with E-state index < -0.39 is 0 Å². The summed E-state index contributed by atoms with van der Waals surface area (Å²) in [7, 11) is 0. The van der Waals surface area contributed by atoms with Crippen LogP contribution in [0.25, 0.3) is 6.08 Å². The first-order chi connectivity index (χ1) is 14.7. The van der Waals surface area contributed by atoms with Gasteiger partial charge >= 0.3 is 0 Å². The number of hydrogen-bond acceptors (Lipinski definition) is 1. The molecule has 30 heavy (non-hydrogen) atoms. The monoisotopic (exact) mass is 405 g/mol. The molecule has 1 aliphatic carbocycles. The van der Waals surface area contributed by atoms with Crippen molar-refractivity contribution >= 4 is 12.0 Å². The Hall–Kier alpha value is -2.43. The highest BCUT2D eigenvalue weighted by Crippen LogP contribution is 2.29. The van der Waals surface area contributed by atoms with Gasteiger partial charge in [0.2, 0.25) is 0 Å². The third kappa shape index (κ3) is 5.18. The van der Waals surface area contributed by atoms with E-state index in [0.29, 0.717) is 0 Å². The van der Waals surface area contributed by atoms with E-state index in [1.807, 2.05) is 0 Å². The first kappa shape index (κ1) is 20.8. The van der Waals surface area contributed by atoms with Crippen LogP contribution in [0.3, 0.4) is 0 Å². The standard InChI is InChI=1S/C26H33N3O/c1-21(26(30)27-25-15-7-13-23-12-5-6-14-24(23)25)29-19-17-28(18-20-29)16-8-11-22-9-3-2-4-10-22/h2-6,8-12,14,21,25H,7,13,15-20H2,1H3,(H,27,30)/p+2/b11-8+/t21-,25-/m1/s1. The smallest absolute Gasteiger partial charge is 0.278 e. The molecule has 1 fully saturated rings. The van der Waals surface area contributed by atoms with Crippen molar-refractivity contribution in [2.24, 2.45) is 0 Å². The minimum atomic E-state index is 0.0144. The summed E-state index contributed by atoms with van der Waals surface area (Å²) in [5.74, 6) is 0.208. The zero-order valence-electron chi connectivity index (χ0n) is 18.1. The molecule has 1 saturated heterocycles. The molecule has 1 heterocycles. The van der Waals surface area contributed by atoms with Crippen molar-refractivity contribution in [3.05, 3.63) is 77.4 Å². The van der Waals surface area contributed by atoms with E-state index in [-0.39, 0.29) is 18.0 Å². The molecule has 0 unspecified atom stereocenters. The molecule has 4 heteroatoms. The largest absolute Gasteiger partial charge is 0.344 e. The number of piperazine rings is 1. The number of hydrogen-bond donors (Lipinski definition) is 3. The third-order valence-electron chi connectivity index (χ3n) is 6.81. The van der Waals surface area contributed by atoms with Gasteiger partial charge in [0.1, 0.15) is 26.2 Å². The summed E-state index contributed by atoms with van der Waals surface area (Å²) in [6.45, 7) is 7.52. The Kier molecular flexibility index (Phi) is 6.98. The molecule has 1 aliphatic heterocycles. The van der Waals surface area contributed by atoms with Crippen molar-refractivity contribution < 1.29 is 14.6 Å². The number of quaternary nitrogens is 2. The summed E-state index contributed by atoms with van der Waals surface area (Å²) in [5, 5.41) is 3.36. The summed E-state index contributed by atoms with van der Waals surface area (Å²) in [5.41, 5.74) is 3.98. The average Bonchev–Trinajstić information content (AvgIpc) is 2.80. The van der Waals surface area contributed by atoms with Crippen LogP contribution in [0.1, 0.15) is 42.5 Å². The molecule has 0 aromatic heterocycles. The number of amides is 1. The summed E-state index contributed by atoms with van der Waals surface area (Å²) in [4.78, 5) is 16.0. The molecule has 4 rings (SSSR count). The van der Waals surface area contributed by atoms with Gasteiger partial charge in [-0.05, 0) is 49.0 Å². The van der Waals surface area contributed by atoms with Gasteiger partial charge in [0.25, 0.3) is 5.91 Å². The fourth-order valence-corrected chi connectivity index (χ4v) is 4.87. The maximum atomic E-state index is 13.0. The van der Waals surface area contributed by atoms with Gasteiger partial charge in [0.05, 0.1) is 12.6 Å². The Bertz CT molecular complexity index is 856. The average molecular weight is 406 g/mol. The maximum absolute atomic E-state index is 13.0. The summed E-state index contributed by atoms with van der Waals surface area (Å²) in [6.07, 6.45) is 7.83. The lowest BCUT2D eigenvalue weighted by atomic mass is 9.87. The number of carbonyl (C=O) groups excluding carboxylic acids is 1. The minimum Gasteiger partial charge on any atom is -0.344 e. The number of benzene rings is 2. The lowest BCUT2D eigenvalue weighted by molar-refractivity contribution is -1.02. The highest BCUT2D eigenvalue weighted by Gasteiger charge is 2.32. The zero-order chi connectivity index (χ0) is 20.8. The molecule has 2 atom stereocenters. The fraction of sp³-hybridized carbons (Fsp3) is 0.423. The summed E-state index contributed by atoms with van der Waals surface area (Å²) < 4.78 is 0. The molecule has 2 aromatic carbocycles. The summed E-state index contributed by atoms with van der Waals surface area (Å²) >= 11 is 0. The number of aryl methyl sites for hydroxylation is 1. The van der Waals surface area contributed by atoms with Crippen molar-refractivity contribution in [3.63, 3.8) is 0 Å². The lowest BCUT2D eigenvalue weighted by Crippen LogP contribution is -3.30. The van der Waals surface area contributed by atoms with Crippen LogP contribution in [0.15, 0.2) is 60.7 Å². The van der Waals surface area contributed by atoms with Crippen molar-refractivity contribution in [3.8, 4) is 0 Å². The molecule has 158 valence electrons. The molecule has 0 radical (unpaired) electrons. The molecule has 4 nitrogen and oxygen atoms in total. The van der Waals surface area contributed by atoms with E-state index in [2.05, 4.69) is 79.0 Å². The Morgan fingerprint density at radius 3 is 2.60 bits per heavy atom. The number of carbonyl (C=O) groups is 1. The molecule has 1 amide bonds. The fourth-order valence-electron chi connectivity index (χ4n) is 4.87. The zero-order valence-corrected chi connectivity index (χ0v) is 18.1. The molecule has 0 spiro atoms. The topological polar surface area (TPSA) is 38.0 Å². The van der Waals surface area contributed by atoms with Crippen molar-refractivity contribution in [1.82, 2.24) is 5.32 Å². The van der Waals surface area contributed by atoms with Gasteiger partial charge in [0, 0.05) is 0 Å². The predicted molar refractivity (Wildman–Crippen MR) is 121 cm³/mol. The van der Waals surface area contributed by atoms with Crippen LogP contribution >= 0.6 is 0 Å². The highest BCUT2D eigenvalue weighted by atomic mass is 16.2. The molecular weight excluding hydrogens is 370 g/mol. The molecular formula is C26H35N3O+2. The Morgan fingerprint density at radius 1 is 1.07 bits per heavy atom. The van der Waals surface area contributed by atoms with E-state index in [1.165, 1.54) is 21.6 Å². The molecule has 2 aliphatic rings. The van der Waals surface area contributed by atoms with Crippen LogP contribution in [-0.4, -0.2) is 44.7 Å². The Morgan fingerprint density at radius 2 is 1.80 bits per heavy atom. The number of nitrogens with one attached hydrogen (secondary N) is 3. The van der Waals surface area contributed by atoms with Gasteiger partial charge in [0.15, 0.2) is 6.04 Å². The number of fused-ring (bicyclic) bond motifs is 1. The van der Waals surface area contributed by atoms with Gasteiger partial charge in [-0.15, -0.1) is 0 Å². The van der Waals surface area contributed by atoms with E-state index in [9.17, 15) is 4.79 Å². The SMILES string of the molecule is C[C@H](C(=O)N[C@@H]1CCCc2ccccc21)[NH+]1CC[NH+](C/C=C/c2ccccc2)CC1. The molecule has 2 aromatic rings. The normalized spacial score (nSPS) is 24.9. The lowest BCUT2D eigenvalue weighted by Gasteiger charge is -2.33. The number of rotatable bonds is 6. The third-order valence-corrected chi connectivity index (χ3v) is 6.81. The van der Waals surface area contributed by atoms with Gasteiger partial charge < -0.3 is 15.1 Å². The van der Waals surface area contributed by atoms with E-state index in [0.717, 1.165) is 52.0 Å². The van der Waals surface area contributed by atoms with Crippen LogP contribution in [-0.2, 0) is 11.2 Å². The second kappa shape index (κ2) is 10.1. The Balaban J connectivity index is 1.25. The second-order valence-electron chi connectivity index (χ2n) is 8.80. The van der Waals surface area contributed by atoms with Gasteiger partial charge in [-0.25, -0.2) is 0 Å². The van der Waals surface area contributed by atoms with Gasteiger partial charge in [-0.2, -0.15) is 0 Å². The van der Waals surface area contributed by atoms with Crippen LogP contribution in [0.5, 0.6) is 0 Å². The first-order valence-corrected chi connectivity index (χ1v) is 11.5. The van der Waals surface area contributed by atoms with E-state index in [4.69, 9.17) is 0 Å². The van der Waals surface area contributed by atoms with E-state index >= 15 is 0 Å². The van der Waals surface area contributed by atoms with Crippen LogP contribution in [0, 0.1) is 0 Å². The highest BCUT2D eigenvalue weighted by molar-refractivity contribution is 5.80. The molecule has 0 bridgehead atoms. The van der Waals surface area contributed by atoms with Crippen molar-refractivity contribution in [2.45, 2.75) is 38.3 Å². The van der Waals surface area contributed by atoms with Crippen LogP contribution < -0.4 is 15.1 Å². The van der Waals surface area contributed by atoms with E-state index in [1.54, 1.807) is 4.90 Å². The first-order valence-electron chi connectivity index (χ1n) is 11.5. The predicted octanol–water partition coefficient (Wildman–Crippen LogP) is 1.07. The summed E-state index contributed by atoms with van der Waals surface area (Å²) in [6, 6.07) is 19.3.